The first kappa shape index (κ1) is 9.65. The van der Waals surface area contributed by atoms with Crippen LogP contribution in [0.4, 0.5) is 0 Å². The number of benzene rings is 1. The summed E-state index contributed by atoms with van der Waals surface area (Å²) >= 11 is 0. The van der Waals surface area contributed by atoms with Crippen LogP contribution in [0.2, 0.25) is 0 Å². The maximum absolute atomic E-state index is 9.54. The van der Waals surface area contributed by atoms with E-state index in [1.165, 1.54) is 17.7 Å². The predicted molar refractivity (Wildman–Crippen MR) is 58.0 cm³/mol. The van der Waals surface area contributed by atoms with E-state index in [0.717, 1.165) is 18.4 Å². The van der Waals surface area contributed by atoms with Crippen LogP contribution in [-0.2, 0) is 12.8 Å². The predicted octanol–water partition coefficient (Wildman–Crippen LogP) is 2.21. The molecule has 0 aliphatic carbocycles. The summed E-state index contributed by atoms with van der Waals surface area (Å²) in [6.07, 6.45) is 5.37. The van der Waals surface area contributed by atoms with E-state index in [-0.39, 0.29) is 11.5 Å². The second-order valence-electron chi connectivity index (χ2n) is 3.53. The Morgan fingerprint density at radius 2 is 1.93 bits per heavy atom. The summed E-state index contributed by atoms with van der Waals surface area (Å²) in [6, 6.07) is 6.60. The maximum atomic E-state index is 9.54. The van der Waals surface area contributed by atoms with Crippen molar-refractivity contribution in [2.24, 2.45) is 0 Å². The number of aromatic amines is 1. The van der Waals surface area contributed by atoms with E-state index in [9.17, 15) is 10.2 Å². The van der Waals surface area contributed by atoms with Gasteiger partial charge in [0, 0.05) is 12.4 Å². The molecule has 0 atom stereocenters. The van der Waals surface area contributed by atoms with Gasteiger partial charge in [0.25, 0.3) is 0 Å². The van der Waals surface area contributed by atoms with Gasteiger partial charge in [0.05, 0.1) is 0 Å². The van der Waals surface area contributed by atoms with Crippen molar-refractivity contribution in [3.05, 3.63) is 47.8 Å². The normalized spacial score (nSPS) is 10.4. The van der Waals surface area contributed by atoms with Gasteiger partial charge in [-0.15, -0.1) is 0 Å². The molecule has 0 saturated carbocycles. The van der Waals surface area contributed by atoms with Crippen LogP contribution in [0.15, 0.2) is 36.7 Å². The molecule has 0 aliphatic rings. The summed E-state index contributed by atoms with van der Waals surface area (Å²) in [6.45, 7) is 0. The lowest BCUT2D eigenvalue weighted by atomic mass is 10.1. The summed E-state index contributed by atoms with van der Waals surface area (Å²) in [5.41, 5.74) is 1.97. The molecule has 3 heteroatoms. The Labute approximate surface area is 88.0 Å². The third-order valence-corrected chi connectivity index (χ3v) is 2.41. The first-order valence-corrected chi connectivity index (χ1v) is 4.88. The zero-order valence-corrected chi connectivity index (χ0v) is 8.27. The second-order valence-corrected chi connectivity index (χ2v) is 3.53. The van der Waals surface area contributed by atoms with Crippen LogP contribution in [-0.4, -0.2) is 15.2 Å². The number of rotatable bonds is 3. The number of phenolic OH excluding ortho intramolecular Hbond substituents is 2. The first-order valence-electron chi connectivity index (χ1n) is 4.88. The highest BCUT2D eigenvalue weighted by Gasteiger charge is 2.03. The fourth-order valence-corrected chi connectivity index (χ4v) is 1.57. The van der Waals surface area contributed by atoms with E-state index >= 15 is 0 Å². The molecule has 3 N–H and O–H groups in total. The summed E-state index contributed by atoms with van der Waals surface area (Å²) in [5.74, 6) is 0.431. The van der Waals surface area contributed by atoms with Crippen LogP contribution in [0.25, 0.3) is 0 Å². The minimum absolute atomic E-state index is 0.192. The Morgan fingerprint density at radius 1 is 1.07 bits per heavy atom. The van der Waals surface area contributed by atoms with Crippen LogP contribution in [0.5, 0.6) is 11.5 Å². The van der Waals surface area contributed by atoms with Crippen molar-refractivity contribution in [3.63, 3.8) is 0 Å². The Hall–Kier alpha value is -1.90. The van der Waals surface area contributed by atoms with Gasteiger partial charge in [0.15, 0.2) is 0 Å². The van der Waals surface area contributed by atoms with E-state index in [1.54, 1.807) is 6.07 Å². The van der Waals surface area contributed by atoms with E-state index in [1.807, 2.05) is 18.5 Å². The van der Waals surface area contributed by atoms with Crippen LogP contribution in [0.1, 0.15) is 11.1 Å². The largest absolute Gasteiger partial charge is 0.508 e. The quantitative estimate of drug-likeness (QED) is 0.670. The molecule has 0 bridgehead atoms. The summed E-state index contributed by atoms with van der Waals surface area (Å²) < 4.78 is 0. The molecule has 2 rings (SSSR count). The van der Waals surface area contributed by atoms with Crippen LogP contribution >= 0.6 is 0 Å². The van der Waals surface area contributed by atoms with Crippen LogP contribution in [0.3, 0.4) is 0 Å². The van der Waals surface area contributed by atoms with Crippen molar-refractivity contribution in [1.82, 2.24) is 4.98 Å². The van der Waals surface area contributed by atoms with E-state index in [0.29, 0.717) is 0 Å². The number of nitrogens with one attached hydrogen (secondary N) is 1. The van der Waals surface area contributed by atoms with Crippen molar-refractivity contribution in [1.29, 1.82) is 0 Å². The van der Waals surface area contributed by atoms with Crippen molar-refractivity contribution in [2.45, 2.75) is 12.8 Å². The average Bonchev–Trinajstić information content (AvgIpc) is 2.72. The Bertz CT molecular complexity index is 435. The van der Waals surface area contributed by atoms with Gasteiger partial charge >= 0.3 is 0 Å². The number of H-pyrrole nitrogens is 1. The zero-order chi connectivity index (χ0) is 10.7. The highest BCUT2D eigenvalue weighted by atomic mass is 16.3. The third kappa shape index (κ3) is 2.31. The second kappa shape index (κ2) is 4.09. The van der Waals surface area contributed by atoms with Gasteiger partial charge in [-0.1, -0.05) is 0 Å². The SMILES string of the molecule is Oc1ccc(O)c(CCc2cc[nH]c2)c1. The van der Waals surface area contributed by atoms with E-state index < -0.39 is 0 Å². The van der Waals surface area contributed by atoms with Gasteiger partial charge in [-0.25, -0.2) is 0 Å². The zero-order valence-electron chi connectivity index (χ0n) is 8.27. The molecular formula is C12H13NO2. The molecule has 15 heavy (non-hydrogen) atoms. The van der Waals surface area contributed by atoms with Gasteiger partial charge in [0.1, 0.15) is 11.5 Å². The fraction of sp³-hybridized carbons (Fsp3) is 0.167. The smallest absolute Gasteiger partial charge is 0.119 e. The van der Waals surface area contributed by atoms with Crippen LogP contribution < -0.4 is 0 Å². The van der Waals surface area contributed by atoms with Crippen molar-refractivity contribution in [3.8, 4) is 11.5 Å². The van der Waals surface area contributed by atoms with Gasteiger partial charge < -0.3 is 15.2 Å². The Balaban J connectivity index is 2.07. The summed E-state index contributed by atoms with van der Waals surface area (Å²) in [4.78, 5) is 2.98. The van der Waals surface area contributed by atoms with Gasteiger partial charge in [0.2, 0.25) is 0 Å². The van der Waals surface area contributed by atoms with E-state index in [2.05, 4.69) is 4.98 Å². The fourth-order valence-electron chi connectivity index (χ4n) is 1.57. The van der Waals surface area contributed by atoms with Gasteiger partial charge in [-0.3, -0.25) is 0 Å². The van der Waals surface area contributed by atoms with Gasteiger partial charge in [-0.2, -0.15) is 0 Å². The molecule has 3 nitrogen and oxygen atoms in total. The minimum atomic E-state index is 0.192. The molecule has 0 aliphatic heterocycles. The summed E-state index contributed by atoms with van der Waals surface area (Å²) in [5, 5.41) is 18.8. The highest BCUT2D eigenvalue weighted by molar-refractivity contribution is 5.39. The first-order chi connectivity index (χ1) is 7.25. The van der Waals surface area contributed by atoms with Crippen molar-refractivity contribution >= 4 is 0 Å². The lowest BCUT2D eigenvalue weighted by Gasteiger charge is -2.04. The molecule has 0 saturated heterocycles. The van der Waals surface area contributed by atoms with E-state index in [4.69, 9.17) is 0 Å². The maximum Gasteiger partial charge on any atom is 0.119 e. The molecule has 0 spiro atoms. The summed E-state index contributed by atoms with van der Waals surface area (Å²) in [7, 11) is 0. The molecule has 1 aromatic heterocycles. The third-order valence-electron chi connectivity index (χ3n) is 2.41. The number of hydrogen-bond acceptors (Lipinski definition) is 2. The Kier molecular flexibility index (Phi) is 2.63. The standard InChI is InChI=1S/C12H13NO2/c14-11-3-4-12(15)10(7-11)2-1-9-5-6-13-8-9/h3-8,13-15H,1-2H2. The lowest BCUT2D eigenvalue weighted by molar-refractivity contribution is 0.454. The van der Waals surface area contributed by atoms with Crippen molar-refractivity contribution < 1.29 is 10.2 Å². The topological polar surface area (TPSA) is 56.2 Å². The Morgan fingerprint density at radius 3 is 2.67 bits per heavy atom. The van der Waals surface area contributed by atoms with Crippen LogP contribution in [0, 0.1) is 0 Å². The molecule has 78 valence electrons. The molecule has 0 radical (unpaired) electrons. The number of aromatic hydroxyl groups is 2. The number of hydrogen-bond donors (Lipinski definition) is 3. The van der Waals surface area contributed by atoms with Crippen molar-refractivity contribution in [2.75, 3.05) is 0 Å². The monoisotopic (exact) mass is 203 g/mol. The molecular weight excluding hydrogens is 190 g/mol. The average molecular weight is 203 g/mol. The molecule has 0 fully saturated rings. The minimum Gasteiger partial charge on any atom is -0.508 e. The lowest BCUT2D eigenvalue weighted by Crippen LogP contribution is -1.90. The molecule has 2 aromatic rings. The molecule has 1 heterocycles. The molecule has 1 aromatic carbocycles. The number of phenols is 2. The van der Waals surface area contributed by atoms with Gasteiger partial charge in [-0.05, 0) is 48.2 Å². The molecule has 0 amide bonds. The highest BCUT2D eigenvalue weighted by Crippen LogP contribution is 2.23. The molecule has 0 unspecified atom stereocenters. The number of aryl methyl sites for hydroxylation is 2. The number of aromatic nitrogens is 1.